The fraction of sp³-hybridized carbons (Fsp3) is 0.222. The van der Waals surface area contributed by atoms with Crippen molar-refractivity contribution in [1.29, 1.82) is 0 Å². The maximum Gasteiger partial charge on any atom is 0.239 e. The minimum absolute atomic E-state index is 0.111. The van der Waals surface area contributed by atoms with Crippen LogP contribution in [0.15, 0.2) is 48.1 Å². The summed E-state index contributed by atoms with van der Waals surface area (Å²) in [6.45, 7) is 1.03. The summed E-state index contributed by atoms with van der Waals surface area (Å²) in [6.07, 6.45) is 1.54. The van der Waals surface area contributed by atoms with Gasteiger partial charge in [0.05, 0.1) is 27.7 Å². The summed E-state index contributed by atoms with van der Waals surface area (Å²) in [6, 6.07) is 11.1. The fourth-order valence-electron chi connectivity index (χ4n) is 3.75. The Kier molecular flexibility index (Phi) is 3.11. The largest absolute Gasteiger partial charge is 0.354 e. The molecule has 6 nitrogen and oxygen atoms in total. The van der Waals surface area contributed by atoms with Crippen molar-refractivity contribution < 1.29 is 9.59 Å². The van der Waals surface area contributed by atoms with Gasteiger partial charge in [0.25, 0.3) is 0 Å². The molecule has 124 valence electrons. The Bertz CT molecular complexity index is 963. The summed E-state index contributed by atoms with van der Waals surface area (Å²) in [5, 5.41) is 1.98. The van der Waals surface area contributed by atoms with Crippen molar-refractivity contribution in [2.24, 2.45) is 11.8 Å². The van der Waals surface area contributed by atoms with Gasteiger partial charge in [0.15, 0.2) is 0 Å². The van der Waals surface area contributed by atoms with Gasteiger partial charge in [0, 0.05) is 13.1 Å². The van der Waals surface area contributed by atoms with Crippen molar-refractivity contribution in [3.8, 4) is 0 Å². The number of anilines is 2. The van der Waals surface area contributed by atoms with Crippen LogP contribution in [-0.2, 0) is 9.59 Å². The molecule has 2 aliphatic heterocycles. The van der Waals surface area contributed by atoms with Gasteiger partial charge in [-0.3, -0.25) is 9.59 Å². The van der Waals surface area contributed by atoms with Gasteiger partial charge in [-0.1, -0.05) is 18.2 Å². The number of imide groups is 1. The number of nitrogens with zero attached hydrogens (tertiary/aromatic N) is 4. The molecule has 0 N–H and O–H groups in total. The van der Waals surface area contributed by atoms with Crippen LogP contribution in [0.4, 0.5) is 11.5 Å². The third-order valence-electron chi connectivity index (χ3n) is 4.93. The Balaban J connectivity index is 1.47. The molecule has 0 radical (unpaired) electrons. The number of aromatic nitrogens is 2. The highest BCUT2D eigenvalue weighted by molar-refractivity contribution is 7.17. The minimum atomic E-state index is -0.308. The number of hydrogen-bond acceptors (Lipinski definition) is 6. The van der Waals surface area contributed by atoms with Gasteiger partial charge < -0.3 is 4.90 Å². The molecular formula is C18H14N4O2S. The number of amides is 2. The maximum atomic E-state index is 12.8. The van der Waals surface area contributed by atoms with Crippen LogP contribution in [0.1, 0.15) is 0 Å². The van der Waals surface area contributed by atoms with Crippen LogP contribution in [0.2, 0.25) is 0 Å². The number of fused-ring (bicyclic) bond motifs is 2. The second-order valence-corrected chi connectivity index (χ2v) is 7.21. The molecule has 5 rings (SSSR count). The number of carbonyl (C=O) groups excluding carboxylic acids is 2. The van der Waals surface area contributed by atoms with E-state index in [2.05, 4.69) is 9.97 Å². The first-order valence-corrected chi connectivity index (χ1v) is 8.98. The highest BCUT2D eigenvalue weighted by Gasteiger charge is 2.53. The first-order valence-electron chi connectivity index (χ1n) is 8.10. The molecule has 25 heavy (non-hydrogen) atoms. The lowest BCUT2D eigenvalue weighted by molar-refractivity contribution is -0.122. The van der Waals surface area contributed by atoms with Gasteiger partial charge in [0.2, 0.25) is 11.8 Å². The number of rotatable bonds is 2. The first kappa shape index (κ1) is 14.5. The molecule has 2 unspecified atom stereocenters. The van der Waals surface area contributed by atoms with Crippen molar-refractivity contribution in [3.63, 3.8) is 0 Å². The topological polar surface area (TPSA) is 66.4 Å². The lowest BCUT2D eigenvalue weighted by atomic mass is 10.00. The molecule has 0 spiro atoms. The summed E-state index contributed by atoms with van der Waals surface area (Å²) >= 11 is 1.58. The number of hydrogen-bond donors (Lipinski definition) is 0. The van der Waals surface area contributed by atoms with E-state index in [9.17, 15) is 9.59 Å². The molecule has 2 saturated heterocycles. The lowest BCUT2D eigenvalue weighted by Crippen LogP contribution is -2.36. The number of thiophene rings is 1. The molecule has 0 aliphatic carbocycles. The van der Waals surface area contributed by atoms with Gasteiger partial charge in [-0.15, -0.1) is 11.3 Å². The predicted molar refractivity (Wildman–Crippen MR) is 95.5 cm³/mol. The smallest absolute Gasteiger partial charge is 0.239 e. The molecule has 2 fully saturated rings. The molecule has 3 aromatic rings. The summed E-state index contributed by atoms with van der Waals surface area (Å²) < 4.78 is 1.00. The Morgan fingerprint density at radius 3 is 2.40 bits per heavy atom. The normalized spacial score (nSPS) is 22.9. The van der Waals surface area contributed by atoms with Crippen molar-refractivity contribution in [2.75, 3.05) is 22.9 Å². The third kappa shape index (κ3) is 2.09. The van der Waals surface area contributed by atoms with Crippen molar-refractivity contribution >= 4 is 44.9 Å². The first-order chi connectivity index (χ1) is 12.2. The summed E-state index contributed by atoms with van der Waals surface area (Å²) in [5.41, 5.74) is 1.55. The summed E-state index contributed by atoms with van der Waals surface area (Å²) in [5.74, 6) is -0.0167. The summed E-state index contributed by atoms with van der Waals surface area (Å²) in [4.78, 5) is 37.7. The highest BCUT2D eigenvalue weighted by atomic mass is 32.1. The average molecular weight is 350 g/mol. The van der Waals surface area contributed by atoms with Crippen LogP contribution in [0.25, 0.3) is 10.2 Å². The highest BCUT2D eigenvalue weighted by Crippen LogP contribution is 2.39. The van der Waals surface area contributed by atoms with E-state index in [4.69, 9.17) is 0 Å². The van der Waals surface area contributed by atoms with E-state index in [0.29, 0.717) is 18.8 Å². The van der Waals surface area contributed by atoms with E-state index in [-0.39, 0.29) is 23.7 Å². The Morgan fingerprint density at radius 1 is 0.960 bits per heavy atom. The van der Waals surface area contributed by atoms with Crippen LogP contribution in [0, 0.1) is 11.8 Å². The molecule has 2 aromatic heterocycles. The molecule has 0 bridgehead atoms. The monoisotopic (exact) mass is 350 g/mol. The van der Waals surface area contributed by atoms with E-state index < -0.39 is 0 Å². The third-order valence-corrected chi connectivity index (χ3v) is 5.83. The Labute approximate surface area is 147 Å². The van der Waals surface area contributed by atoms with E-state index in [0.717, 1.165) is 16.0 Å². The van der Waals surface area contributed by atoms with Crippen molar-refractivity contribution in [1.82, 2.24) is 9.97 Å². The van der Waals surface area contributed by atoms with E-state index in [1.807, 2.05) is 34.5 Å². The Morgan fingerprint density at radius 2 is 1.68 bits per heavy atom. The Hall–Kier alpha value is -2.80. The lowest BCUT2D eigenvalue weighted by Gasteiger charge is -2.21. The van der Waals surface area contributed by atoms with E-state index >= 15 is 0 Å². The van der Waals surface area contributed by atoms with Crippen LogP contribution in [0.3, 0.4) is 0 Å². The molecule has 0 saturated carbocycles. The maximum absolute atomic E-state index is 12.8. The van der Waals surface area contributed by atoms with E-state index in [1.165, 1.54) is 4.90 Å². The zero-order valence-corrected chi connectivity index (χ0v) is 14.0. The molecule has 2 aliphatic rings. The van der Waals surface area contributed by atoms with Crippen molar-refractivity contribution in [3.05, 3.63) is 48.1 Å². The van der Waals surface area contributed by atoms with Crippen LogP contribution in [-0.4, -0.2) is 34.9 Å². The van der Waals surface area contributed by atoms with Crippen LogP contribution in [0.5, 0.6) is 0 Å². The van der Waals surface area contributed by atoms with Gasteiger partial charge in [-0.2, -0.15) is 0 Å². The van der Waals surface area contributed by atoms with Crippen molar-refractivity contribution in [2.45, 2.75) is 0 Å². The second kappa shape index (κ2) is 5.35. The van der Waals surface area contributed by atoms with Gasteiger partial charge in [-0.05, 0) is 23.6 Å². The molecule has 2 amide bonds. The fourth-order valence-corrected chi connectivity index (χ4v) is 4.61. The van der Waals surface area contributed by atoms with Gasteiger partial charge >= 0.3 is 0 Å². The quantitative estimate of drug-likeness (QED) is 0.664. The zero-order chi connectivity index (χ0) is 17.0. The second-order valence-electron chi connectivity index (χ2n) is 6.30. The molecular weight excluding hydrogens is 336 g/mol. The molecule has 2 atom stereocenters. The van der Waals surface area contributed by atoms with Crippen LogP contribution < -0.4 is 9.80 Å². The number of carbonyl (C=O) groups is 2. The van der Waals surface area contributed by atoms with Gasteiger partial charge in [0.1, 0.15) is 12.1 Å². The number of benzene rings is 1. The molecule has 4 heterocycles. The zero-order valence-electron chi connectivity index (χ0n) is 13.2. The average Bonchev–Trinajstić information content (AvgIpc) is 3.33. The van der Waals surface area contributed by atoms with Crippen LogP contribution >= 0.6 is 11.3 Å². The van der Waals surface area contributed by atoms with E-state index in [1.54, 1.807) is 29.8 Å². The summed E-state index contributed by atoms with van der Waals surface area (Å²) in [7, 11) is 0. The standard InChI is InChI=1S/C18H14N4O2S/c23-17-12-8-21(16-15-14(6-7-25-15)19-10-20-16)9-13(12)18(24)22(17)11-4-2-1-3-5-11/h1-7,10,12-13H,8-9H2. The van der Waals surface area contributed by atoms with Gasteiger partial charge in [-0.25, -0.2) is 14.9 Å². The minimum Gasteiger partial charge on any atom is -0.354 e. The number of para-hydroxylation sites is 1. The predicted octanol–water partition coefficient (Wildman–Crippen LogP) is 2.32. The molecule has 1 aromatic carbocycles. The SMILES string of the molecule is O=C1C2CN(c3ncnc4ccsc34)CC2C(=O)N1c1ccccc1. The molecule has 7 heteroatoms.